The van der Waals surface area contributed by atoms with E-state index >= 15 is 0 Å². The number of carbonyl (C=O) groups is 1. The fourth-order valence-corrected chi connectivity index (χ4v) is 0.287. The van der Waals surface area contributed by atoms with Gasteiger partial charge in [-0.1, -0.05) is 0 Å². The fraction of sp³-hybridized carbons (Fsp3) is 0.400. The van der Waals surface area contributed by atoms with Crippen molar-refractivity contribution in [2.75, 3.05) is 0 Å². The van der Waals surface area contributed by atoms with Crippen molar-refractivity contribution in [3.63, 3.8) is 0 Å². The third kappa shape index (κ3) is 2.08. The molecule has 0 aliphatic rings. The van der Waals surface area contributed by atoms with Crippen LogP contribution >= 0.6 is 0 Å². The Morgan fingerprint density at radius 3 is 2.00 bits per heavy atom. The van der Waals surface area contributed by atoms with E-state index in [9.17, 15) is 18.0 Å². The topological polar surface area (TPSA) is 43.1 Å². The molecule has 0 aromatic carbocycles. The molecular formula is C5H6F3NO. The van der Waals surface area contributed by atoms with Gasteiger partial charge in [-0.2, -0.15) is 13.2 Å². The van der Waals surface area contributed by atoms with Crippen LogP contribution in [0, 0.1) is 0 Å². The standard InChI is InChI=1S/C5H6F3NO/c1-3(2-10)4(9)5(6,7)8/h2H,9H2,1H3. The van der Waals surface area contributed by atoms with Crippen LogP contribution in [0.5, 0.6) is 0 Å². The van der Waals surface area contributed by atoms with E-state index in [1.807, 2.05) is 0 Å². The highest BCUT2D eigenvalue weighted by molar-refractivity contribution is 5.73. The monoisotopic (exact) mass is 153 g/mol. The number of nitrogens with two attached hydrogens (primary N) is 1. The molecule has 0 rings (SSSR count). The summed E-state index contributed by atoms with van der Waals surface area (Å²) in [7, 11) is 0. The first-order chi connectivity index (χ1) is 4.39. The molecule has 0 bridgehead atoms. The van der Waals surface area contributed by atoms with Gasteiger partial charge >= 0.3 is 6.18 Å². The average molecular weight is 153 g/mol. The van der Waals surface area contributed by atoms with Gasteiger partial charge in [0, 0.05) is 5.57 Å². The van der Waals surface area contributed by atoms with Crippen molar-refractivity contribution in [3.8, 4) is 0 Å². The highest BCUT2D eigenvalue weighted by Crippen LogP contribution is 2.22. The first-order valence-electron chi connectivity index (χ1n) is 2.38. The summed E-state index contributed by atoms with van der Waals surface area (Å²) < 4.78 is 34.6. The van der Waals surface area contributed by atoms with E-state index in [0.717, 1.165) is 6.92 Å². The molecule has 58 valence electrons. The van der Waals surface area contributed by atoms with Crippen LogP contribution in [0.25, 0.3) is 0 Å². The van der Waals surface area contributed by atoms with Crippen molar-refractivity contribution in [2.24, 2.45) is 5.73 Å². The maximum Gasteiger partial charge on any atom is 0.431 e. The maximum atomic E-state index is 11.5. The molecule has 0 saturated heterocycles. The molecule has 0 saturated carbocycles. The first kappa shape index (κ1) is 9.00. The van der Waals surface area contributed by atoms with E-state index in [0.29, 0.717) is 0 Å². The van der Waals surface area contributed by atoms with Crippen LogP contribution in [-0.4, -0.2) is 12.5 Å². The molecule has 0 aliphatic carbocycles. The number of aldehydes is 1. The summed E-state index contributed by atoms with van der Waals surface area (Å²) in [5.74, 6) is 0. The number of halogens is 3. The molecule has 0 atom stereocenters. The van der Waals surface area contributed by atoms with Crippen LogP contribution in [0.4, 0.5) is 13.2 Å². The quantitative estimate of drug-likeness (QED) is 0.450. The summed E-state index contributed by atoms with van der Waals surface area (Å²) in [4.78, 5) is 9.76. The molecule has 10 heavy (non-hydrogen) atoms. The zero-order valence-corrected chi connectivity index (χ0v) is 5.20. The van der Waals surface area contributed by atoms with Crippen LogP contribution in [-0.2, 0) is 4.79 Å². The third-order valence-corrected chi connectivity index (χ3v) is 0.907. The van der Waals surface area contributed by atoms with E-state index in [1.54, 1.807) is 0 Å². The number of hydrogen-bond acceptors (Lipinski definition) is 2. The van der Waals surface area contributed by atoms with Gasteiger partial charge in [-0.25, -0.2) is 0 Å². The van der Waals surface area contributed by atoms with E-state index in [4.69, 9.17) is 0 Å². The second-order valence-electron chi connectivity index (χ2n) is 1.71. The van der Waals surface area contributed by atoms with Crippen molar-refractivity contribution < 1.29 is 18.0 Å². The summed E-state index contributed by atoms with van der Waals surface area (Å²) in [6.45, 7) is 1.01. The van der Waals surface area contributed by atoms with Crippen LogP contribution in [0.2, 0.25) is 0 Å². The smallest absolute Gasteiger partial charge is 0.394 e. The van der Waals surface area contributed by atoms with E-state index < -0.39 is 17.4 Å². The largest absolute Gasteiger partial charge is 0.431 e. The van der Waals surface area contributed by atoms with E-state index in [1.165, 1.54) is 0 Å². The molecule has 0 heterocycles. The molecule has 5 heteroatoms. The fourth-order valence-electron chi connectivity index (χ4n) is 0.287. The van der Waals surface area contributed by atoms with E-state index in [-0.39, 0.29) is 6.29 Å². The van der Waals surface area contributed by atoms with Gasteiger partial charge in [0.1, 0.15) is 12.0 Å². The lowest BCUT2D eigenvalue weighted by molar-refractivity contribution is -0.107. The highest BCUT2D eigenvalue weighted by Gasteiger charge is 2.32. The first-order valence-corrected chi connectivity index (χ1v) is 2.38. The van der Waals surface area contributed by atoms with Crippen LogP contribution < -0.4 is 5.73 Å². The van der Waals surface area contributed by atoms with Gasteiger partial charge in [0.25, 0.3) is 0 Å². The van der Waals surface area contributed by atoms with Gasteiger partial charge in [-0.05, 0) is 6.92 Å². The summed E-state index contributed by atoms with van der Waals surface area (Å²) in [5, 5.41) is 0. The number of hydrogen-bond donors (Lipinski definition) is 1. The third-order valence-electron chi connectivity index (χ3n) is 0.907. The normalized spacial score (nSPS) is 14.4. The van der Waals surface area contributed by atoms with E-state index in [2.05, 4.69) is 5.73 Å². The van der Waals surface area contributed by atoms with Gasteiger partial charge < -0.3 is 5.73 Å². The Bertz CT molecular complexity index is 170. The van der Waals surface area contributed by atoms with Gasteiger partial charge in [-0.15, -0.1) is 0 Å². The van der Waals surface area contributed by atoms with Crippen molar-refractivity contribution >= 4 is 6.29 Å². The number of alkyl halides is 3. The minimum absolute atomic E-state index is 0.0722. The summed E-state index contributed by atoms with van der Waals surface area (Å²) in [6, 6.07) is 0. The number of carbonyl (C=O) groups excluding carboxylic acids is 1. The van der Waals surface area contributed by atoms with Gasteiger partial charge in [-0.3, -0.25) is 4.79 Å². The molecule has 0 radical (unpaired) electrons. The van der Waals surface area contributed by atoms with Crippen molar-refractivity contribution in [1.82, 2.24) is 0 Å². The van der Waals surface area contributed by atoms with Crippen LogP contribution in [0.15, 0.2) is 11.3 Å². The summed E-state index contributed by atoms with van der Waals surface area (Å²) in [5.41, 5.74) is 2.70. The van der Waals surface area contributed by atoms with Crippen molar-refractivity contribution in [3.05, 3.63) is 11.3 Å². The zero-order valence-electron chi connectivity index (χ0n) is 5.20. The molecule has 0 amide bonds. The molecular weight excluding hydrogens is 147 g/mol. The summed E-state index contributed by atoms with van der Waals surface area (Å²) in [6.07, 6.45) is -4.52. The molecule has 0 spiro atoms. The lowest BCUT2D eigenvalue weighted by Crippen LogP contribution is -2.21. The Balaban J connectivity index is 4.63. The molecule has 0 aliphatic heterocycles. The highest BCUT2D eigenvalue weighted by atomic mass is 19.4. The lowest BCUT2D eigenvalue weighted by Gasteiger charge is -2.06. The molecule has 0 unspecified atom stereocenters. The minimum atomic E-state index is -4.59. The second kappa shape index (κ2) is 2.72. The Labute approximate surface area is 55.5 Å². The second-order valence-corrected chi connectivity index (χ2v) is 1.71. The SMILES string of the molecule is CC(C=O)=C(N)C(F)(F)F. The Morgan fingerprint density at radius 2 is 1.90 bits per heavy atom. The average Bonchev–Trinajstić information content (AvgIpc) is 1.83. The van der Waals surface area contributed by atoms with Gasteiger partial charge in [0.2, 0.25) is 0 Å². The Kier molecular flexibility index (Phi) is 2.45. The minimum Gasteiger partial charge on any atom is -0.394 e. The van der Waals surface area contributed by atoms with Gasteiger partial charge in [0.15, 0.2) is 0 Å². The zero-order chi connectivity index (χ0) is 8.36. The molecule has 2 N–H and O–H groups in total. The maximum absolute atomic E-state index is 11.5. The van der Waals surface area contributed by atoms with Crippen molar-refractivity contribution in [2.45, 2.75) is 13.1 Å². The number of allylic oxidation sites excluding steroid dienone is 2. The molecule has 2 nitrogen and oxygen atoms in total. The van der Waals surface area contributed by atoms with Crippen LogP contribution in [0.1, 0.15) is 6.92 Å². The van der Waals surface area contributed by atoms with Crippen LogP contribution in [0.3, 0.4) is 0 Å². The predicted molar refractivity (Wildman–Crippen MR) is 29.0 cm³/mol. The molecule has 0 fully saturated rings. The lowest BCUT2D eigenvalue weighted by atomic mass is 10.2. The number of rotatable bonds is 1. The molecule has 0 aromatic rings. The summed E-state index contributed by atoms with van der Waals surface area (Å²) >= 11 is 0. The predicted octanol–water partition coefficient (Wildman–Crippen LogP) is 0.980. The van der Waals surface area contributed by atoms with Crippen molar-refractivity contribution in [1.29, 1.82) is 0 Å². The molecule has 0 aromatic heterocycles. The Hall–Kier alpha value is -1.00. The Morgan fingerprint density at radius 1 is 1.50 bits per heavy atom. The van der Waals surface area contributed by atoms with Gasteiger partial charge in [0.05, 0.1) is 0 Å².